The number of allylic oxidation sites excluding steroid dienone is 6. The molecule has 0 fully saturated rings. The zero-order chi connectivity index (χ0) is 23.8. The van der Waals surface area contributed by atoms with Gasteiger partial charge in [0.15, 0.2) is 0 Å². The van der Waals surface area contributed by atoms with Crippen molar-refractivity contribution >= 4 is 0 Å². The molecule has 0 heterocycles. The largest absolute Gasteiger partial charge is 0.343 e. The van der Waals surface area contributed by atoms with Crippen molar-refractivity contribution in [2.75, 3.05) is 13.2 Å². The van der Waals surface area contributed by atoms with E-state index in [-0.39, 0.29) is 0 Å². The van der Waals surface area contributed by atoms with Gasteiger partial charge in [0.2, 0.25) is 0 Å². The van der Waals surface area contributed by atoms with Crippen LogP contribution in [0.5, 0.6) is 0 Å². The predicted octanol–water partition coefficient (Wildman–Crippen LogP) is 7.68. The second kappa shape index (κ2) is 15.8. The van der Waals surface area contributed by atoms with Gasteiger partial charge in [0.25, 0.3) is 5.97 Å². The van der Waals surface area contributed by atoms with Crippen LogP contribution in [0.25, 0.3) is 0 Å². The quantitative estimate of drug-likeness (QED) is 0.224. The number of rotatable bonds is 15. The number of aryl methyl sites for hydroxylation is 1. The van der Waals surface area contributed by atoms with E-state index in [1.54, 1.807) is 0 Å². The van der Waals surface area contributed by atoms with Crippen LogP contribution in [-0.4, -0.2) is 24.3 Å². The maximum absolute atomic E-state index is 11.1. The highest BCUT2D eigenvalue weighted by molar-refractivity contribution is 5.14. The first-order chi connectivity index (χ1) is 15.2. The second-order valence-electron chi connectivity index (χ2n) is 9.06. The van der Waals surface area contributed by atoms with E-state index < -0.39 is 5.97 Å². The van der Waals surface area contributed by atoms with Crippen molar-refractivity contribution in [1.82, 2.24) is 0 Å². The minimum atomic E-state index is -1.61. The fraction of sp³-hybridized carbons (Fsp3) is 0.517. The summed E-state index contributed by atoms with van der Waals surface area (Å²) < 4.78 is 11.7. The van der Waals surface area contributed by atoms with Crippen molar-refractivity contribution in [3.8, 4) is 0 Å². The molecule has 0 spiro atoms. The maximum Gasteiger partial charge on any atom is 0.281 e. The first kappa shape index (κ1) is 28.1. The van der Waals surface area contributed by atoms with Crippen LogP contribution < -0.4 is 0 Å². The molecule has 3 heteroatoms. The summed E-state index contributed by atoms with van der Waals surface area (Å²) in [4.78, 5) is 0. The van der Waals surface area contributed by atoms with Crippen molar-refractivity contribution in [3.63, 3.8) is 0 Å². The molecule has 1 aromatic rings. The fourth-order valence-corrected chi connectivity index (χ4v) is 3.14. The molecule has 0 aliphatic heterocycles. The molecular formula is C29H44O3. The van der Waals surface area contributed by atoms with E-state index in [0.29, 0.717) is 26.1 Å². The Morgan fingerprint density at radius 3 is 1.66 bits per heavy atom. The average molecular weight is 441 g/mol. The van der Waals surface area contributed by atoms with Gasteiger partial charge in [-0.3, -0.25) is 0 Å². The Balaban J connectivity index is 2.66. The number of aliphatic hydroxyl groups is 1. The van der Waals surface area contributed by atoms with Crippen LogP contribution >= 0.6 is 0 Å². The van der Waals surface area contributed by atoms with Gasteiger partial charge in [0.1, 0.15) is 0 Å². The number of ether oxygens (including phenoxy) is 2. The summed E-state index contributed by atoms with van der Waals surface area (Å²) in [5, 5.41) is 11.1. The van der Waals surface area contributed by atoms with E-state index in [1.807, 2.05) is 30.4 Å². The molecule has 32 heavy (non-hydrogen) atoms. The Bertz CT molecular complexity index is 719. The highest BCUT2D eigenvalue weighted by Crippen LogP contribution is 2.20. The summed E-state index contributed by atoms with van der Waals surface area (Å²) in [5.41, 5.74) is 6.33. The third-order valence-electron chi connectivity index (χ3n) is 5.24. The number of benzene rings is 1. The van der Waals surface area contributed by atoms with Gasteiger partial charge in [-0.15, -0.1) is 0 Å². The molecule has 0 atom stereocenters. The van der Waals surface area contributed by atoms with Gasteiger partial charge in [-0.25, -0.2) is 0 Å². The lowest BCUT2D eigenvalue weighted by Crippen LogP contribution is -2.36. The summed E-state index contributed by atoms with van der Waals surface area (Å²) in [6.07, 6.45) is 13.7. The smallest absolute Gasteiger partial charge is 0.281 e. The molecule has 178 valence electrons. The Hall–Kier alpha value is -1.94. The van der Waals surface area contributed by atoms with Gasteiger partial charge in [0, 0.05) is 6.42 Å². The lowest BCUT2D eigenvalue weighted by atomic mass is 10.1. The van der Waals surface area contributed by atoms with Crippen LogP contribution in [0.4, 0.5) is 0 Å². The molecule has 0 unspecified atom stereocenters. The molecule has 1 N–H and O–H groups in total. The standard InChI is InChI=1S/C29H44O3/c1-24(2)12-10-14-26(5)19-22-31-29(30,21-18-28-16-8-7-9-17-28)32-23-20-27(6)15-11-13-25(3)4/h7-9,12-13,16-17,19-20,30H,10-11,14-15,18,21-23H2,1-6H3/b26-19+,27-20+. The predicted molar refractivity (Wildman–Crippen MR) is 136 cm³/mol. The van der Waals surface area contributed by atoms with Crippen LogP contribution in [0.2, 0.25) is 0 Å². The molecule has 3 nitrogen and oxygen atoms in total. The van der Waals surface area contributed by atoms with E-state index in [9.17, 15) is 5.11 Å². The second-order valence-corrected chi connectivity index (χ2v) is 9.06. The summed E-state index contributed by atoms with van der Waals surface area (Å²) in [6.45, 7) is 13.3. The van der Waals surface area contributed by atoms with Crippen molar-refractivity contribution in [2.24, 2.45) is 0 Å². The minimum absolute atomic E-state index is 0.329. The van der Waals surface area contributed by atoms with Crippen molar-refractivity contribution < 1.29 is 14.6 Å². The molecule has 0 aliphatic rings. The van der Waals surface area contributed by atoms with E-state index >= 15 is 0 Å². The lowest BCUT2D eigenvalue weighted by molar-refractivity contribution is -0.355. The molecule has 1 rings (SSSR count). The molecule has 0 saturated carbocycles. The lowest BCUT2D eigenvalue weighted by Gasteiger charge is -2.27. The SMILES string of the molecule is CC(C)=CCC/C(C)=C/COC(O)(CCc1ccccc1)OC/C=C(\C)CCC=C(C)C. The van der Waals surface area contributed by atoms with Crippen LogP contribution in [0.1, 0.15) is 79.2 Å². The summed E-state index contributed by atoms with van der Waals surface area (Å²) >= 11 is 0. The molecule has 0 aromatic heterocycles. The van der Waals surface area contributed by atoms with E-state index in [4.69, 9.17) is 9.47 Å². The fourth-order valence-electron chi connectivity index (χ4n) is 3.14. The topological polar surface area (TPSA) is 38.7 Å². The van der Waals surface area contributed by atoms with E-state index in [0.717, 1.165) is 31.2 Å². The monoisotopic (exact) mass is 440 g/mol. The Kier molecular flexibility index (Phi) is 13.9. The van der Waals surface area contributed by atoms with Gasteiger partial charge in [-0.1, -0.05) is 76.9 Å². The van der Waals surface area contributed by atoms with Crippen LogP contribution in [-0.2, 0) is 15.9 Å². The van der Waals surface area contributed by atoms with Crippen LogP contribution in [0.15, 0.2) is 76.9 Å². The molecule has 1 aromatic carbocycles. The highest BCUT2D eigenvalue weighted by atomic mass is 16.8. The van der Waals surface area contributed by atoms with Crippen molar-refractivity contribution in [1.29, 1.82) is 0 Å². The van der Waals surface area contributed by atoms with Gasteiger partial charge in [-0.2, -0.15) is 0 Å². The van der Waals surface area contributed by atoms with Crippen LogP contribution in [0, 0.1) is 0 Å². The molecule has 0 amide bonds. The van der Waals surface area contributed by atoms with E-state index in [2.05, 4.69) is 65.8 Å². The van der Waals surface area contributed by atoms with Gasteiger partial charge in [-0.05, 0) is 79.2 Å². The highest BCUT2D eigenvalue weighted by Gasteiger charge is 2.28. The summed E-state index contributed by atoms with van der Waals surface area (Å²) in [5.74, 6) is -1.61. The molecule has 0 aliphatic carbocycles. The molecular weight excluding hydrogens is 396 g/mol. The van der Waals surface area contributed by atoms with Crippen molar-refractivity contribution in [3.05, 3.63) is 82.5 Å². The normalized spacial score (nSPS) is 14.1. The summed E-state index contributed by atoms with van der Waals surface area (Å²) in [6, 6.07) is 10.1. The third-order valence-corrected chi connectivity index (χ3v) is 5.24. The number of hydrogen-bond donors (Lipinski definition) is 1. The van der Waals surface area contributed by atoms with Gasteiger partial charge in [0.05, 0.1) is 13.2 Å². The Morgan fingerprint density at radius 2 is 1.22 bits per heavy atom. The van der Waals surface area contributed by atoms with Gasteiger partial charge < -0.3 is 14.6 Å². The minimum Gasteiger partial charge on any atom is -0.343 e. The van der Waals surface area contributed by atoms with Gasteiger partial charge >= 0.3 is 0 Å². The molecule has 0 saturated heterocycles. The van der Waals surface area contributed by atoms with Crippen molar-refractivity contribution in [2.45, 2.75) is 86.0 Å². The maximum atomic E-state index is 11.1. The first-order valence-corrected chi connectivity index (χ1v) is 11.8. The Labute approximate surface area is 196 Å². The first-order valence-electron chi connectivity index (χ1n) is 11.8. The average Bonchev–Trinajstić information content (AvgIpc) is 2.72. The Morgan fingerprint density at radius 1 is 0.750 bits per heavy atom. The third kappa shape index (κ3) is 14.2. The zero-order valence-corrected chi connectivity index (χ0v) is 21.1. The van der Waals surface area contributed by atoms with E-state index in [1.165, 1.54) is 22.3 Å². The van der Waals surface area contributed by atoms with Crippen LogP contribution in [0.3, 0.4) is 0 Å². The molecule has 0 bridgehead atoms. The molecule has 0 radical (unpaired) electrons. The number of hydrogen-bond acceptors (Lipinski definition) is 3. The summed E-state index contributed by atoms with van der Waals surface area (Å²) in [7, 11) is 0. The zero-order valence-electron chi connectivity index (χ0n) is 21.1.